The van der Waals surface area contributed by atoms with E-state index in [9.17, 15) is 4.79 Å². The molecule has 1 amide bonds. The highest BCUT2D eigenvalue weighted by molar-refractivity contribution is 5.82. The van der Waals surface area contributed by atoms with Crippen LogP contribution in [-0.2, 0) is 4.79 Å². The van der Waals surface area contributed by atoms with Crippen molar-refractivity contribution in [2.24, 2.45) is 11.1 Å². The number of nitrogens with zero attached hydrogens (tertiary/aromatic N) is 1. The molecule has 0 aromatic carbocycles. The van der Waals surface area contributed by atoms with Crippen LogP contribution in [0, 0.1) is 5.41 Å². The lowest BCUT2D eigenvalue weighted by molar-refractivity contribution is -0.125. The van der Waals surface area contributed by atoms with Crippen LogP contribution in [-0.4, -0.2) is 42.0 Å². The maximum Gasteiger partial charge on any atom is 0.237 e. The molecule has 0 aromatic heterocycles. The van der Waals surface area contributed by atoms with Crippen LogP contribution in [0.1, 0.15) is 46.5 Å². The maximum absolute atomic E-state index is 12.2. The van der Waals surface area contributed by atoms with Crippen LogP contribution in [0.4, 0.5) is 0 Å². The maximum atomic E-state index is 12.2. The Kier molecular flexibility index (Phi) is 3.97. The van der Waals surface area contributed by atoms with Gasteiger partial charge in [0.25, 0.3) is 0 Å². The molecule has 104 valence electrons. The predicted octanol–water partition coefficient (Wildman–Crippen LogP) is 1.10. The van der Waals surface area contributed by atoms with Crippen LogP contribution >= 0.6 is 0 Å². The number of carbonyl (C=O) groups is 1. The lowest BCUT2D eigenvalue weighted by Crippen LogP contribution is -2.54. The summed E-state index contributed by atoms with van der Waals surface area (Å²) in [5.74, 6) is 0.0138. The molecule has 0 spiro atoms. The Bertz CT molecular complexity index is 311. The van der Waals surface area contributed by atoms with Gasteiger partial charge in [0.05, 0.1) is 6.04 Å². The standard InChI is InChI=1S/C14H27N3O/c1-14(2,3)12(15)13(18)16-10-7-9-17-8-5-4-6-11(10)17/h10-12H,4-9,15H2,1-3H3,(H,16,18)/t10?,11?,12-/m1/s1. The molecule has 2 aliphatic rings. The van der Waals surface area contributed by atoms with Crippen LogP contribution in [0.25, 0.3) is 0 Å². The summed E-state index contributed by atoms with van der Waals surface area (Å²) in [5.41, 5.74) is 5.84. The zero-order chi connectivity index (χ0) is 13.3. The number of carbonyl (C=O) groups excluding carboxylic acids is 1. The summed E-state index contributed by atoms with van der Waals surface area (Å²) >= 11 is 0. The van der Waals surface area contributed by atoms with Crippen LogP contribution in [0.5, 0.6) is 0 Å². The number of hydrogen-bond acceptors (Lipinski definition) is 3. The van der Waals surface area contributed by atoms with E-state index in [0.717, 1.165) is 13.0 Å². The van der Waals surface area contributed by atoms with E-state index < -0.39 is 6.04 Å². The molecule has 3 atom stereocenters. The van der Waals surface area contributed by atoms with Crippen LogP contribution in [0.3, 0.4) is 0 Å². The highest BCUT2D eigenvalue weighted by Gasteiger charge is 2.38. The second-order valence-corrected chi connectivity index (χ2v) is 6.85. The van der Waals surface area contributed by atoms with Crippen molar-refractivity contribution in [3.8, 4) is 0 Å². The monoisotopic (exact) mass is 253 g/mol. The van der Waals surface area contributed by atoms with Crippen LogP contribution in [0.15, 0.2) is 0 Å². The van der Waals surface area contributed by atoms with Crippen molar-refractivity contribution in [1.82, 2.24) is 10.2 Å². The molecule has 2 aliphatic heterocycles. The molecule has 4 nitrogen and oxygen atoms in total. The first-order valence-corrected chi connectivity index (χ1v) is 7.19. The molecule has 2 fully saturated rings. The average molecular weight is 253 g/mol. The van der Waals surface area contributed by atoms with Crippen molar-refractivity contribution in [2.75, 3.05) is 13.1 Å². The Morgan fingerprint density at radius 1 is 1.28 bits per heavy atom. The van der Waals surface area contributed by atoms with Gasteiger partial charge in [-0.15, -0.1) is 0 Å². The minimum atomic E-state index is -0.421. The molecule has 0 saturated carbocycles. The Labute approximate surface area is 110 Å². The SMILES string of the molecule is CC(C)(C)[C@H](N)C(=O)NC1CCN2CCCCC12. The van der Waals surface area contributed by atoms with E-state index in [1.54, 1.807) is 0 Å². The van der Waals surface area contributed by atoms with Crippen molar-refractivity contribution in [2.45, 2.75) is 64.6 Å². The van der Waals surface area contributed by atoms with Crippen LogP contribution < -0.4 is 11.1 Å². The number of amides is 1. The van der Waals surface area contributed by atoms with Gasteiger partial charge in [-0.05, 0) is 31.2 Å². The molecular formula is C14H27N3O. The lowest BCUT2D eigenvalue weighted by atomic mass is 9.86. The Morgan fingerprint density at radius 2 is 2.00 bits per heavy atom. The van der Waals surface area contributed by atoms with Gasteiger partial charge in [-0.3, -0.25) is 9.69 Å². The van der Waals surface area contributed by atoms with E-state index in [2.05, 4.69) is 10.2 Å². The van der Waals surface area contributed by atoms with Crippen molar-refractivity contribution < 1.29 is 4.79 Å². The van der Waals surface area contributed by atoms with Crippen LogP contribution in [0.2, 0.25) is 0 Å². The smallest absolute Gasteiger partial charge is 0.237 e. The number of rotatable bonds is 2. The highest BCUT2D eigenvalue weighted by Crippen LogP contribution is 2.27. The van der Waals surface area contributed by atoms with E-state index >= 15 is 0 Å². The summed E-state index contributed by atoms with van der Waals surface area (Å²) in [4.78, 5) is 14.7. The fourth-order valence-electron chi connectivity index (χ4n) is 3.08. The minimum Gasteiger partial charge on any atom is -0.350 e. The number of hydrogen-bond donors (Lipinski definition) is 2. The first-order valence-electron chi connectivity index (χ1n) is 7.19. The van der Waals surface area contributed by atoms with Gasteiger partial charge in [-0.25, -0.2) is 0 Å². The van der Waals surface area contributed by atoms with Gasteiger partial charge < -0.3 is 11.1 Å². The van der Waals surface area contributed by atoms with Crippen molar-refractivity contribution in [3.05, 3.63) is 0 Å². The molecule has 4 heteroatoms. The van der Waals surface area contributed by atoms with Crippen molar-refractivity contribution in [3.63, 3.8) is 0 Å². The second-order valence-electron chi connectivity index (χ2n) is 6.85. The van der Waals surface area contributed by atoms with E-state index in [1.165, 1.54) is 25.8 Å². The molecule has 18 heavy (non-hydrogen) atoms. The molecule has 0 bridgehead atoms. The number of nitrogens with one attached hydrogen (secondary N) is 1. The molecule has 0 radical (unpaired) electrons. The number of piperidine rings is 1. The first kappa shape index (κ1) is 13.8. The summed E-state index contributed by atoms with van der Waals surface area (Å²) in [5, 5.41) is 3.18. The topological polar surface area (TPSA) is 58.4 Å². The number of fused-ring (bicyclic) bond motifs is 1. The van der Waals surface area contributed by atoms with Gasteiger partial charge >= 0.3 is 0 Å². The van der Waals surface area contributed by atoms with Gasteiger partial charge in [-0.2, -0.15) is 0 Å². The lowest BCUT2D eigenvalue weighted by Gasteiger charge is -2.34. The van der Waals surface area contributed by atoms with E-state index in [4.69, 9.17) is 5.73 Å². The quantitative estimate of drug-likeness (QED) is 0.775. The average Bonchev–Trinajstić information content (AvgIpc) is 2.70. The van der Waals surface area contributed by atoms with Crippen molar-refractivity contribution >= 4 is 5.91 Å². The predicted molar refractivity (Wildman–Crippen MR) is 73.2 cm³/mol. The third kappa shape index (κ3) is 2.86. The summed E-state index contributed by atoms with van der Waals surface area (Å²) in [6.45, 7) is 8.36. The van der Waals surface area contributed by atoms with Crippen molar-refractivity contribution in [1.29, 1.82) is 0 Å². The van der Waals surface area contributed by atoms with Gasteiger partial charge in [-0.1, -0.05) is 27.2 Å². The Hall–Kier alpha value is -0.610. The fraction of sp³-hybridized carbons (Fsp3) is 0.929. The molecular weight excluding hydrogens is 226 g/mol. The third-order valence-electron chi connectivity index (χ3n) is 4.40. The Morgan fingerprint density at radius 3 is 2.67 bits per heavy atom. The third-order valence-corrected chi connectivity index (χ3v) is 4.40. The molecule has 2 saturated heterocycles. The van der Waals surface area contributed by atoms with E-state index in [0.29, 0.717) is 12.1 Å². The van der Waals surface area contributed by atoms with Gasteiger partial charge in [0, 0.05) is 18.6 Å². The molecule has 2 rings (SSSR count). The normalized spacial score (nSPS) is 30.9. The van der Waals surface area contributed by atoms with E-state index in [-0.39, 0.29) is 11.3 Å². The summed E-state index contributed by atoms with van der Waals surface area (Å²) in [7, 11) is 0. The second kappa shape index (κ2) is 5.17. The summed E-state index contributed by atoms with van der Waals surface area (Å²) in [6, 6.07) is 0.441. The molecule has 2 unspecified atom stereocenters. The van der Waals surface area contributed by atoms with Gasteiger partial charge in [0.1, 0.15) is 0 Å². The zero-order valence-electron chi connectivity index (χ0n) is 11.9. The molecule has 2 heterocycles. The molecule has 0 aromatic rings. The zero-order valence-corrected chi connectivity index (χ0v) is 11.9. The summed E-state index contributed by atoms with van der Waals surface area (Å²) < 4.78 is 0. The minimum absolute atomic E-state index is 0.0138. The fourth-order valence-corrected chi connectivity index (χ4v) is 3.08. The number of nitrogens with two attached hydrogens (primary N) is 1. The molecule has 3 N–H and O–H groups in total. The summed E-state index contributed by atoms with van der Waals surface area (Å²) in [6.07, 6.45) is 4.89. The van der Waals surface area contributed by atoms with Gasteiger partial charge in [0.2, 0.25) is 5.91 Å². The van der Waals surface area contributed by atoms with Gasteiger partial charge in [0.15, 0.2) is 0 Å². The Balaban J connectivity index is 1.92. The first-order chi connectivity index (χ1) is 8.39. The molecule has 0 aliphatic carbocycles. The largest absolute Gasteiger partial charge is 0.350 e. The van der Waals surface area contributed by atoms with E-state index in [1.807, 2.05) is 20.8 Å². The highest BCUT2D eigenvalue weighted by atomic mass is 16.2.